The second-order valence-electron chi connectivity index (χ2n) is 7.77. The highest BCUT2D eigenvalue weighted by atomic mass is 19.1. The minimum atomic E-state index is -0.337. The summed E-state index contributed by atoms with van der Waals surface area (Å²) in [6.45, 7) is 2.73. The van der Waals surface area contributed by atoms with Gasteiger partial charge < -0.3 is 16.0 Å². The molecular formula is C20H22FN7O. The van der Waals surface area contributed by atoms with Crippen molar-refractivity contribution in [2.75, 3.05) is 17.2 Å². The van der Waals surface area contributed by atoms with Crippen LogP contribution in [0.3, 0.4) is 0 Å². The summed E-state index contributed by atoms with van der Waals surface area (Å²) in [4.78, 5) is 24.2. The van der Waals surface area contributed by atoms with Crippen LogP contribution in [-0.4, -0.2) is 38.1 Å². The van der Waals surface area contributed by atoms with E-state index in [-0.39, 0.29) is 35.2 Å². The van der Waals surface area contributed by atoms with Gasteiger partial charge in [-0.15, -0.1) is 5.10 Å². The van der Waals surface area contributed by atoms with Crippen LogP contribution < -0.4 is 16.0 Å². The first kappa shape index (κ1) is 17.8. The Balaban J connectivity index is 1.70. The van der Waals surface area contributed by atoms with E-state index in [2.05, 4.69) is 20.3 Å². The normalized spacial score (nSPS) is 21.9. The maximum atomic E-state index is 14.1. The van der Waals surface area contributed by atoms with Gasteiger partial charge in [0.25, 0.3) is 5.91 Å². The number of fused-ring (bicyclic) bond motifs is 5. The van der Waals surface area contributed by atoms with Crippen LogP contribution in [0.5, 0.6) is 0 Å². The van der Waals surface area contributed by atoms with Crippen molar-refractivity contribution in [1.29, 1.82) is 0 Å². The van der Waals surface area contributed by atoms with E-state index in [9.17, 15) is 9.18 Å². The molecule has 1 fully saturated rings. The number of hydrogen-bond acceptors (Lipinski definition) is 6. The van der Waals surface area contributed by atoms with E-state index in [4.69, 9.17) is 10.7 Å². The van der Waals surface area contributed by atoms with E-state index in [1.165, 1.54) is 10.7 Å². The summed E-state index contributed by atoms with van der Waals surface area (Å²) in [5.41, 5.74) is 8.51. The Hall–Kier alpha value is -3.23. The molecule has 1 saturated heterocycles. The molecule has 3 aromatic rings. The second-order valence-corrected chi connectivity index (χ2v) is 7.77. The number of aromatic nitrogens is 4. The third-order valence-electron chi connectivity index (χ3n) is 5.79. The Labute approximate surface area is 166 Å². The minimum absolute atomic E-state index is 0.00779. The SMILES string of the molecule is C[C@@H]1CCc2ncc(F)cc2[C@H]2CCCN2c2ccn3nc(N)c(c3n2)C(=O)N1. The van der Waals surface area contributed by atoms with Gasteiger partial charge in [0.15, 0.2) is 11.5 Å². The average Bonchev–Trinajstić information content (AvgIpc) is 3.29. The first-order chi connectivity index (χ1) is 14.0. The lowest BCUT2D eigenvalue weighted by Crippen LogP contribution is -2.33. The number of nitrogens with zero attached hydrogens (tertiary/aromatic N) is 5. The fourth-order valence-corrected chi connectivity index (χ4v) is 4.38. The molecule has 2 bridgehead atoms. The van der Waals surface area contributed by atoms with Gasteiger partial charge in [-0.05, 0) is 50.3 Å². The number of amides is 1. The molecule has 0 radical (unpaired) electrons. The van der Waals surface area contributed by atoms with Crippen molar-refractivity contribution in [2.45, 2.75) is 44.7 Å². The van der Waals surface area contributed by atoms with Crippen molar-refractivity contribution in [3.63, 3.8) is 0 Å². The zero-order valence-corrected chi connectivity index (χ0v) is 16.1. The van der Waals surface area contributed by atoms with Crippen LogP contribution in [0.1, 0.15) is 53.8 Å². The number of nitrogens with one attached hydrogen (secondary N) is 1. The van der Waals surface area contributed by atoms with Crippen molar-refractivity contribution >= 4 is 23.2 Å². The predicted octanol–water partition coefficient (Wildman–Crippen LogP) is 2.25. The fourth-order valence-electron chi connectivity index (χ4n) is 4.38. The van der Waals surface area contributed by atoms with Crippen LogP contribution in [-0.2, 0) is 6.42 Å². The summed E-state index contributed by atoms with van der Waals surface area (Å²) in [6.07, 6.45) is 6.21. The molecular weight excluding hydrogens is 373 g/mol. The number of rotatable bonds is 0. The summed E-state index contributed by atoms with van der Waals surface area (Å²) in [5.74, 6) is 0.241. The molecule has 0 unspecified atom stereocenters. The van der Waals surface area contributed by atoms with E-state index < -0.39 is 0 Å². The third-order valence-corrected chi connectivity index (χ3v) is 5.79. The van der Waals surface area contributed by atoms with E-state index in [0.29, 0.717) is 18.5 Å². The lowest BCUT2D eigenvalue weighted by Gasteiger charge is -2.27. The van der Waals surface area contributed by atoms with Crippen molar-refractivity contribution < 1.29 is 9.18 Å². The van der Waals surface area contributed by atoms with Gasteiger partial charge in [0.1, 0.15) is 17.2 Å². The number of nitrogens with two attached hydrogens (primary N) is 1. The maximum absolute atomic E-state index is 14.1. The zero-order chi connectivity index (χ0) is 20.1. The summed E-state index contributed by atoms with van der Waals surface area (Å²) in [5, 5.41) is 7.21. The molecule has 29 heavy (non-hydrogen) atoms. The average molecular weight is 395 g/mol. The Kier molecular flexibility index (Phi) is 4.11. The fraction of sp³-hybridized carbons (Fsp3) is 0.400. The quantitative estimate of drug-likeness (QED) is 0.605. The van der Waals surface area contributed by atoms with Gasteiger partial charge in [-0.2, -0.15) is 0 Å². The zero-order valence-electron chi connectivity index (χ0n) is 16.1. The molecule has 2 aliphatic rings. The number of anilines is 2. The largest absolute Gasteiger partial charge is 0.381 e. The highest BCUT2D eigenvalue weighted by Gasteiger charge is 2.31. The van der Waals surface area contributed by atoms with Gasteiger partial charge in [-0.1, -0.05) is 0 Å². The standard InChI is InChI=1S/C20H22FN7O/c1-11-4-5-14-13(9-12(21)10-23-14)15-3-2-7-27(15)16-6-8-28-19(25-16)17(18(22)26-28)20(29)24-11/h6,8-11,15H,2-5,7H2,1H3,(H2,22,26)(H,24,29)/t11-,15-/m1/s1. The second kappa shape index (κ2) is 6.68. The predicted molar refractivity (Wildman–Crippen MR) is 106 cm³/mol. The van der Waals surface area contributed by atoms with Gasteiger partial charge in [0.05, 0.1) is 12.2 Å². The number of hydrogen-bond donors (Lipinski definition) is 2. The summed E-state index contributed by atoms with van der Waals surface area (Å²) < 4.78 is 15.6. The molecule has 9 heteroatoms. The van der Waals surface area contributed by atoms with Gasteiger partial charge in [0, 0.05) is 24.5 Å². The maximum Gasteiger partial charge on any atom is 0.259 e. The Bertz CT molecular complexity index is 1110. The summed E-state index contributed by atoms with van der Waals surface area (Å²) in [6, 6.07) is 3.33. The molecule has 2 atom stereocenters. The van der Waals surface area contributed by atoms with E-state index in [1.807, 2.05) is 13.0 Å². The Morgan fingerprint density at radius 3 is 3.07 bits per heavy atom. The topological polar surface area (TPSA) is 101 Å². The van der Waals surface area contributed by atoms with Crippen LogP contribution in [0.2, 0.25) is 0 Å². The number of carbonyl (C=O) groups excluding carboxylic acids is 1. The molecule has 8 nitrogen and oxygen atoms in total. The van der Waals surface area contributed by atoms with E-state index in [0.717, 1.165) is 36.5 Å². The molecule has 2 aliphatic heterocycles. The number of pyridine rings is 1. The van der Waals surface area contributed by atoms with Crippen molar-refractivity contribution in [2.24, 2.45) is 0 Å². The van der Waals surface area contributed by atoms with Crippen LogP contribution in [0, 0.1) is 5.82 Å². The van der Waals surface area contributed by atoms with E-state index in [1.54, 1.807) is 12.3 Å². The molecule has 0 saturated carbocycles. The lowest BCUT2D eigenvalue weighted by molar-refractivity contribution is 0.0940. The molecule has 150 valence electrons. The monoisotopic (exact) mass is 395 g/mol. The first-order valence-electron chi connectivity index (χ1n) is 9.88. The lowest BCUT2D eigenvalue weighted by atomic mass is 9.98. The van der Waals surface area contributed by atoms with Crippen molar-refractivity contribution in [3.05, 3.63) is 47.2 Å². The van der Waals surface area contributed by atoms with Gasteiger partial charge >= 0.3 is 0 Å². The number of nitrogen functional groups attached to an aromatic ring is 1. The molecule has 5 rings (SSSR count). The smallest absolute Gasteiger partial charge is 0.259 e. The molecule has 1 amide bonds. The van der Waals surface area contributed by atoms with E-state index >= 15 is 0 Å². The number of aryl methyl sites for hydroxylation is 1. The highest BCUT2D eigenvalue weighted by molar-refractivity contribution is 6.04. The van der Waals surface area contributed by atoms with Crippen LogP contribution in [0.25, 0.3) is 5.65 Å². The van der Waals surface area contributed by atoms with Crippen LogP contribution in [0.4, 0.5) is 16.0 Å². The summed E-state index contributed by atoms with van der Waals surface area (Å²) in [7, 11) is 0. The minimum Gasteiger partial charge on any atom is -0.381 e. The van der Waals surface area contributed by atoms with Crippen LogP contribution in [0.15, 0.2) is 24.5 Å². The molecule has 3 N–H and O–H groups in total. The van der Waals surface area contributed by atoms with Crippen LogP contribution >= 0.6 is 0 Å². The Morgan fingerprint density at radius 2 is 2.21 bits per heavy atom. The third kappa shape index (κ3) is 2.97. The Morgan fingerprint density at radius 1 is 1.34 bits per heavy atom. The van der Waals surface area contributed by atoms with Gasteiger partial charge in [-0.25, -0.2) is 13.9 Å². The highest BCUT2D eigenvalue weighted by Crippen LogP contribution is 2.37. The number of halogens is 1. The molecule has 3 aromatic heterocycles. The van der Waals surface area contributed by atoms with Crippen molar-refractivity contribution in [3.8, 4) is 0 Å². The number of carbonyl (C=O) groups is 1. The first-order valence-corrected chi connectivity index (χ1v) is 9.88. The molecule has 0 aliphatic carbocycles. The summed E-state index contributed by atoms with van der Waals surface area (Å²) >= 11 is 0. The van der Waals surface area contributed by atoms with Gasteiger partial charge in [-0.3, -0.25) is 9.78 Å². The molecule has 0 aromatic carbocycles. The van der Waals surface area contributed by atoms with Crippen molar-refractivity contribution in [1.82, 2.24) is 24.9 Å². The molecule has 5 heterocycles. The van der Waals surface area contributed by atoms with Gasteiger partial charge in [0.2, 0.25) is 0 Å². The molecule has 0 spiro atoms.